The van der Waals surface area contributed by atoms with Gasteiger partial charge in [0.1, 0.15) is 11.6 Å². The lowest BCUT2D eigenvalue weighted by Gasteiger charge is -2.14. The van der Waals surface area contributed by atoms with Gasteiger partial charge in [0.05, 0.1) is 12.0 Å². The molecule has 2 N–H and O–H groups in total. The van der Waals surface area contributed by atoms with E-state index in [-0.39, 0.29) is 18.0 Å². The topological polar surface area (TPSA) is 49.3 Å². The summed E-state index contributed by atoms with van der Waals surface area (Å²) in [5.74, 6) is -1.82. The van der Waals surface area contributed by atoms with Crippen LogP contribution < -0.4 is 5.32 Å². The third-order valence-electron chi connectivity index (χ3n) is 3.28. The summed E-state index contributed by atoms with van der Waals surface area (Å²) in [5, 5.41) is 12.1. The number of carbonyl (C=O) groups is 1. The molecule has 1 saturated carbocycles. The van der Waals surface area contributed by atoms with Gasteiger partial charge in [0.15, 0.2) is 0 Å². The molecule has 1 aromatic rings. The number of halogens is 2. The van der Waals surface area contributed by atoms with Crippen molar-refractivity contribution >= 4 is 5.91 Å². The van der Waals surface area contributed by atoms with E-state index in [9.17, 15) is 18.7 Å². The van der Waals surface area contributed by atoms with Gasteiger partial charge in [-0.15, -0.1) is 0 Å². The Kier molecular flexibility index (Phi) is 3.91. The van der Waals surface area contributed by atoms with Gasteiger partial charge >= 0.3 is 0 Å². The zero-order valence-corrected chi connectivity index (χ0v) is 9.83. The fourth-order valence-electron chi connectivity index (χ4n) is 2.24. The lowest BCUT2D eigenvalue weighted by molar-refractivity contribution is -0.127. The summed E-state index contributed by atoms with van der Waals surface area (Å²) < 4.78 is 26.2. The lowest BCUT2D eigenvalue weighted by atomic mass is 10.1. The van der Waals surface area contributed by atoms with Gasteiger partial charge in [-0.3, -0.25) is 4.79 Å². The van der Waals surface area contributed by atoms with Gasteiger partial charge in [0.25, 0.3) is 0 Å². The van der Waals surface area contributed by atoms with Crippen LogP contribution in [0.5, 0.6) is 0 Å². The Hall–Kier alpha value is -1.49. The minimum Gasteiger partial charge on any atom is -0.392 e. The van der Waals surface area contributed by atoms with Crippen LogP contribution in [0.25, 0.3) is 0 Å². The molecule has 0 bridgehead atoms. The predicted octanol–water partition coefficient (Wildman–Crippen LogP) is 1.74. The summed E-state index contributed by atoms with van der Waals surface area (Å²) in [6.45, 7) is -0.0638. The van der Waals surface area contributed by atoms with E-state index >= 15 is 0 Å². The molecule has 0 saturated heterocycles. The summed E-state index contributed by atoms with van der Waals surface area (Å²) in [6.07, 6.45) is 1.45. The van der Waals surface area contributed by atoms with Crippen LogP contribution in [0.1, 0.15) is 24.8 Å². The first kappa shape index (κ1) is 13.0. The standard InChI is InChI=1S/C13H15F2NO2/c14-9-4-5-11(15)8(6-9)7-16-13(18)10-2-1-3-12(10)17/h4-6,10,12,17H,1-3,7H2,(H,16,18). The predicted molar refractivity (Wildman–Crippen MR) is 61.6 cm³/mol. The number of carbonyl (C=O) groups excluding carboxylic acids is 1. The molecular weight excluding hydrogens is 240 g/mol. The molecule has 18 heavy (non-hydrogen) atoms. The van der Waals surface area contributed by atoms with Gasteiger partial charge in [0.2, 0.25) is 5.91 Å². The van der Waals surface area contributed by atoms with Crippen LogP contribution in [0.4, 0.5) is 8.78 Å². The molecule has 1 aromatic carbocycles. The van der Waals surface area contributed by atoms with Crippen molar-refractivity contribution in [1.82, 2.24) is 5.32 Å². The Balaban J connectivity index is 1.95. The molecular formula is C13H15F2NO2. The van der Waals surface area contributed by atoms with Gasteiger partial charge in [0, 0.05) is 12.1 Å². The van der Waals surface area contributed by atoms with E-state index in [4.69, 9.17) is 0 Å². The number of benzene rings is 1. The van der Waals surface area contributed by atoms with E-state index in [0.29, 0.717) is 12.8 Å². The summed E-state index contributed by atoms with van der Waals surface area (Å²) in [6, 6.07) is 3.11. The zero-order chi connectivity index (χ0) is 13.1. The second-order valence-corrected chi connectivity index (χ2v) is 4.56. The van der Waals surface area contributed by atoms with Gasteiger partial charge in [-0.2, -0.15) is 0 Å². The molecule has 0 heterocycles. The molecule has 1 amide bonds. The smallest absolute Gasteiger partial charge is 0.225 e. The first-order valence-electron chi connectivity index (χ1n) is 5.97. The summed E-state index contributed by atoms with van der Waals surface area (Å²) in [4.78, 5) is 11.7. The molecule has 1 aliphatic carbocycles. The van der Waals surface area contributed by atoms with Crippen LogP contribution in [-0.2, 0) is 11.3 Å². The average molecular weight is 255 g/mol. The molecule has 0 spiro atoms. The minimum absolute atomic E-state index is 0.0638. The summed E-state index contributed by atoms with van der Waals surface area (Å²) in [7, 11) is 0. The summed E-state index contributed by atoms with van der Waals surface area (Å²) in [5.41, 5.74) is 0.107. The third-order valence-corrected chi connectivity index (χ3v) is 3.28. The average Bonchev–Trinajstić information content (AvgIpc) is 2.76. The Labute approximate surface area is 104 Å². The number of amides is 1. The second kappa shape index (κ2) is 5.44. The number of nitrogens with one attached hydrogen (secondary N) is 1. The van der Waals surface area contributed by atoms with Crippen molar-refractivity contribution in [3.8, 4) is 0 Å². The van der Waals surface area contributed by atoms with E-state index in [1.165, 1.54) is 0 Å². The van der Waals surface area contributed by atoms with E-state index in [0.717, 1.165) is 24.6 Å². The maximum atomic E-state index is 13.3. The zero-order valence-electron chi connectivity index (χ0n) is 9.83. The van der Waals surface area contributed by atoms with E-state index in [2.05, 4.69) is 5.32 Å². The van der Waals surface area contributed by atoms with Gasteiger partial charge in [-0.25, -0.2) is 8.78 Å². The molecule has 1 fully saturated rings. The Morgan fingerprint density at radius 1 is 1.39 bits per heavy atom. The van der Waals surface area contributed by atoms with Crippen LogP contribution >= 0.6 is 0 Å². The van der Waals surface area contributed by atoms with Crippen molar-refractivity contribution in [2.45, 2.75) is 31.9 Å². The summed E-state index contributed by atoms with van der Waals surface area (Å²) >= 11 is 0. The van der Waals surface area contributed by atoms with Crippen molar-refractivity contribution in [1.29, 1.82) is 0 Å². The highest BCUT2D eigenvalue weighted by Gasteiger charge is 2.31. The Morgan fingerprint density at radius 2 is 2.17 bits per heavy atom. The Bertz CT molecular complexity index is 451. The van der Waals surface area contributed by atoms with Crippen molar-refractivity contribution in [2.24, 2.45) is 5.92 Å². The van der Waals surface area contributed by atoms with Crippen LogP contribution in [0.15, 0.2) is 18.2 Å². The number of rotatable bonds is 3. The van der Waals surface area contributed by atoms with Crippen molar-refractivity contribution in [3.63, 3.8) is 0 Å². The molecule has 0 aliphatic heterocycles. The van der Waals surface area contributed by atoms with Crippen molar-refractivity contribution in [3.05, 3.63) is 35.4 Å². The molecule has 0 aromatic heterocycles. The van der Waals surface area contributed by atoms with Crippen LogP contribution in [-0.4, -0.2) is 17.1 Å². The maximum absolute atomic E-state index is 13.3. The highest BCUT2D eigenvalue weighted by atomic mass is 19.1. The minimum atomic E-state index is -0.623. The van der Waals surface area contributed by atoms with Crippen molar-refractivity contribution < 1.29 is 18.7 Å². The molecule has 0 radical (unpaired) electrons. The monoisotopic (exact) mass is 255 g/mol. The lowest BCUT2D eigenvalue weighted by Crippen LogP contribution is -2.34. The number of aliphatic hydroxyl groups is 1. The molecule has 3 nitrogen and oxygen atoms in total. The van der Waals surface area contributed by atoms with Gasteiger partial charge in [-0.1, -0.05) is 0 Å². The highest BCUT2D eigenvalue weighted by Crippen LogP contribution is 2.25. The maximum Gasteiger partial charge on any atom is 0.225 e. The normalized spacial score (nSPS) is 23.1. The molecule has 98 valence electrons. The van der Waals surface area contributed by atoms with Gasteiger partial charge < -0.3 is 10.4 Å². The van der Waals surface area contributed by atoms with Crippen LogP contribution in [0.3, 0.4) is 0 Å². The first-order chi connectivity index (χ1) is 8.58. The quantitative estimate of drug-likeness (QED) is 0.864. The van der Waals surface area contributed by atoms with Crippen molar-refractivity contribution in [2.75, 3.05) is 0 Å². The number of hydrogen-bond donors (Lipinski definition) is 2. The molecule has 1 aliphatic rings. The van der Waals surface area contributed by atoms with E-state index < -0.39 is 23.7 Å². The molecule has 2 unspecified atom stereocenters. The number of aliphatic hydroxyl groups excluding tert-OH is 1. The molecule has 2 rings (SSSR count). The SMILES string of the molecule is O=C(NCc1cc(F)ccc1F)C1CCCC1O. The van der Waals surface area contributed by atoms with E-state index in [1.807, 2.05) is 0 Å². The fourth-order valence-corrected chi connectivity index (χ4v) is 2.24. The molecule has 5 heteroatoms. The third kappa shape index (κ3) is 2.85. The first-order valence-corrected chi connectivity index (χ1v) is 5.97. The van der Waals surface area contributed by atoms with Gasteiger partial charge in [-0.05, 0) is 37.5 Å². The molecule has 2 atom stereocenters. The number of hydrogen-bond acceptors (Lipinski definition) is 2. The van der Waals surface area contributed by atoms with Crippen LogP contribution in [0.2, 0.25) is 0 Å². The fraction of sp³-hybridized carbons (Fsp3) is 0.462. The van der Waals surface area contributed by atoms with E-state index in [1.54, 1.807) is 0 Å². The second-order valence-electron chi connectivity index (χ2n) is 4.56. The Morgan fingerprint density at radius 3 is 2.83 bits per heavy atom. The van der Waals surface area contributed by atoms with Crippen LogP contribution in [0, 0.1) is 17.6 Å². The largest absolute Gasteiger partial charge is 0.392 e. The highest BCUT2D eigenvalue weighted by molar-refractivity contribution is 5.79.